The predicted molar refractivity (Wildman–Crippen MR) is 63.9 cm³/mol. The van der Waals surface area contributed by atoms with E-state index in [0.717, 1.165) is 5.56 Å². The Morgan fingerprint density at radius 3 is 2.56 bits per heavy atom. The van der Waals surface area contributed by atoms with Gasteiger partial charge in [0.2, 0.25) is 0 Å². The van der Waals surface area contributed by atoms with Crippen LogP contribution >= 0.6 is 0 Å². The zero-order valence-corrected chi connectivity index (χ0v) is 9.78. The lowest BCUT2D eigenvalue weighted by Gasteiger charge is -2.28. The van der Waals surface area contributed by atoms with Gasteiger partial charge in [0.25, 0.3) is 0 Å². The molecule has 1 rings (SSSR count). The molecule has 4 heteroatoms. The SMILES string of the molecule is CC(C)N(CCO)c1ccc(CN)cc1F. The number of halogens is 1. The van der Waals surface area contributed by atoms with Gasteiger partial charge in [-0.15, -0.1) is 0 Å². The summed E-state index contributed by atoms with van der Waals surface area (Å²) in [6.07, 6.45) is 0. The van der Waals surface area contributed by atoms with Crippen LogP contribution in [0.1, 0.15) is 19.4 Å². The molecule has 0 unspecified atom stereocenters. The van der Waals surface area contributed by atoms with E-state index in [2.05, 4.69) is 0 Å². The van der Waals surface area contributed by atoms with Crippen molar-refractivity contribution >= 4 is 5.69 Å². The summed E-state index contributed by atoms with van der Waals surface area (Å²) in [4.78, 5) is 1.83. The van der Waals surface area contributed by atoms with Crippen molar-refractivity contribution in [3.63, 3.8) is 0 Å². The van der Waals surface area contributed by atoms with Crippen LogP contribution in [0.3, 0.4) is 0 Å². The fraction of sp³-hybridized carbons (Fsp3) is 0.500. The highest BCUT2D eigenvalue weighted by atomic mass is 19.1. The number of benzene rings is 1. The first kappa shape index (κ1) is 12.9. The molecule has 0 aliphatic heterocycles. The smallest absolute Gasteiger partial charge is 0.146 e. The first-order valence-electron chi connectivity index (χ1n) is 5.46. The first-order chi connectivity index (χ1) is 7.60. The van der Waals surface area contributed by atoms with Crippen LogP contribution < -0.4 is 10.6 Å². The zero-order valence-electron chi connectivity index (χ0n) is 9.78. The van der Waals surface area contributed by atoms with E-state index in [4.69, 9.17) is 10.8 Å². The second kappa shape index (κ2) is 5.82. The zero-order chi connectivity index (χ0) is 12.1. The summed E-state index contributed by atoms with van der Waals surface area (Å²) in [5.74, 6) is -0.287. The second-order valence-corrected chi connectivity index (χ2v) is 4.00. The van der Waals surface area contributed by atoms with Crippen LogP contribution in [0.4, 0.5) is 10.1 Å². The van der Waals surface area contributed by atoms with Crippen molar-refractivity contribution in [3.05, 3.63) is 29.6 Å². The number of nitrogens with two attached hydrogens (primary N) is 1. The maximum Gasteiger partial charge on any atom is 0.146 e. The Bertz CT molecular complexity index is 342. The van der Waals surface area contributed by atoms with Crippen molar-refractivity contribution in [1.29, 1.82) is 0 Å². The predicted octanol–water partition coefficient (Wildman–Crippen LogP) is 1.49. The summed E-state index contributed by atoms with van der Waals surface area (Å²) in [6.45, 7) is 4.70. The number of nitrogens with zero attached hydrogens (tertiary/aromatic N) is 1. The van der Waals surface area contributed by atoms with Gasteiger partial charge in [-0.2, -0.15) is 0 Å². The second-order valence-electron chi connectivity index (χ2n) is 4.00. The van der Waals surface area contributed by atoms with E-state index >= 15 is 0 Å². The molecule has 0 aliphatic rings. The largest absolute Gasteiger partial charge is 0.395 e. The van der Waals surface area contributed by atoms with Gasteiger partial charge in [-0.05, 0) is 31.5 Å². The van der Waals surface area contributed by atoms with Crippen LogP contribution in [0, 0.1) is 5.82 Å². The molecule has 0 fully saturated rings. The third kappa shape index (κ3) is 2.93. The van der Waals surface area contributed by atoms with Crippen LogP contribution in [0.5, 0.6) is 0 Å². The molecule has 0 atom stereocenters. The monoisotopic (exact) mass is 226 g/mol. The van der Waals surface area contributed by atoms with Crippen molar-refractivity contribution in [2.75, 3.05) is 18.1 Å². The van der Waals surface area contributed by atoms with Gasteiger partial charge in [-0.1, -0.05) is 6.07 Å². The molecule has 3 N–H and O–H groups in total. The highest BCUT2D eigenvalue weighted by Gasteiger charge is 2.14. The molecule has 0 heterocycles. The Hall–Kier alpha value is -1.13. The molecule has 0 aliphatic carbocycles. The van der Waals surface area contributed by atoms with Crippen molar-refractivity contribution in [2.45, 2.75) is 26.4 Å². The summed E-state index contributed by atoms with van der Waals surface area (Å²) in [6, 6.07) is 5.12. The molecular weight excluding hydrogens is 207 g/mol. The highest BCUT2D eigenvalue weighted by molar-refractivity contribution is 5.49. The third-order valence-corrected chi connectivity index (χ3v) is 2.52. The van der Waals surface area contributed by atoms with Crippen molar-refractivity contribution in [3.8, 4) is 0 Å². The van der Waals surface area contributed by atoms with E-state index in [1.54, 1.807) is 6.07 Å². The molecule has 16 heavy (non-hydrogen) atoms. The van der Waals surface area contributed by atoms with E-state index in [9.17, 15) is 4.39 Å². The number of hydrogen-bond acceptors (Lipinski definition) is 3. The molecular formula is C12H19FN2O. The summed E-state index contributed by atoms with van der Waals surface area (Å²) >= 11 is 0. The van der Waals surface area contributed by atoms with Gasteiger partial charge < -0.3 is 15.7 Å². The van der Waals surface area contributed by atoms with Crippen LogP contribution in [-0.2, 0) is 6.54 Å². The summed E-state index contributed by atoms with van der Waals surface area (Å²) in [5, 5.41) is 8.95. The minimum Gasteiger partial charge on any atom is -0.395 e. The van der Waals surface area contributed by atoms with Gasteiger partial charge in [-0.3, -0.25) is 0 Å². The maximum atomic E-state index is 13.8. The van der Waals surface area contributed by atoms with Gasteiger partial charge in [0.1, 0.15) is 5.82 Å². The maximum absolute atomic E-state index is 13.8. The Morgan fingerprint density at radius 1 is 1.44 bits per heavy atom. The van der Waals surface area contributed by atoms with Crippen LogP contribution in [0.25, 0.3) is 0 Å². The lowest BCUT2D eigenvalue weighted by Crippen LogP contribution is -2.34. The summed E-state index contributed by atoms with van der Waals surface area (Å²) < 4.78 is 13.8. The average Bonchev–Trinajstić information content (AvgIpc) is 2.26. The lowest BCUT2D eigenvalue weighted by molar-refractivity contribution is 0.298. The summed E-state index contributed by atoms with van der Waals surface area (Å²) in [7, 11) is 0. The number of anilines is 1. The van der Waals surface area contributed by atoms with Crippen LogP contribution in [0.15, 0.2) is 18.2 Å². The van der Waals surface area contributed by atoms with Crippen LogP contribution in [-0.4, -0.2) is 24.3 Å². The molecule has 0 spiro atoms. The number of hydrogen-bond donors (Lipinski definition) is 2. The molecule has 1 aromatic rings. The number of aliphatic hydroxyl groups is 1. The molecule has 0 aromatic heterocycles. The van der Waals surface area contributed by atoms with Crippen molar-refractivity contribution in [2.24, 2.45) is 5.73 Å². The van der Waals surface area contributed by atoms with Crippen molar-refractivity contribution < 1.29 is 9.50 Å². The normalized spacial score (nSPS) is 10.9. The number of aliphatic hydroxyl groups excluding tert-OH is 1. The van der Waals surface area contributed by atoms with E-state index in [1.807, 2.05) is 24.8 Å². The average molecular weight is 226 g/mol. The van der Waals surface area contributed by atoms with Gasteiger partial charge in [0.05, 0.1) is 12.3 Å². The minimum atomic E-state index is -0.287. The highest BCUT2D eigenvalue weighted by Crippen LogP contribution is 2.22. The van der Waals surface area contributed by atoms with E-state index in [1.165, 1.54) is 6.07 Å². The molecule has 1 aromatic carbocycles. The van der Waals surface area contributed by atoms with Gasteiger partial charge in [0, 0.05) is 19.1 Å². The quantitative estimate of drug-likeness (QED) is 0.799. The standard InChI is InChI=1S/C12H19FN2O/c1-9(2)15(5-6-16)12-4-3-10(8-14)7-11(12)13/h3-4,7,9,16H,5-6,8,14H2,1-2H3. The minimum absolute atomic E-state index is 0.0102. The number of rotatable bonds is 5. The lowest BCUT2D eigenvalue weighted by atomic mass is 10.1. The molecule has 0 amide bonds. The van der Waals surface area contributed by atoms with Gasteiger partial charge in [-0.25, -0.2) is 4.39 Å². The summed E-state index contributed by atoms with van der Waals surface area (Å²) in [5.41, 5.74) is 6.73. The third-order valence-electron chi connectivity index (χ3n) is 2.52. The Kier molecular flexibility index (Phi) is 4.71. The molecule has 0 saturated heterocycles. The van der Waals surface area contributed by atoms with Gasteiger partial charge >= 0.3 is 0 Å². The van der Waals surface area contributed by atoms with E-state index < -0.39 is 0 Å². The van der Waals surface area contributed by atoms with Crippen LogP contribution in [0.2, 0.25) is 0 Å². The Labute approximate surface area is 95.7 Å². The Morgan fingerprint density at radius 2 is 2.12 bits per heavy atom. The molecule has 0 radical (unpaired) electrons. The first-order valence-corrected chi connectivity index (χ1v) is 5.46. The van der Waals surface area contributed by atoms with E-state index in [-0.39, 0.29) is 18.5 Å². The fourth-order valence-corrected chi connectivity index (χ4v) is 1.67. The fourth-order valence-electron chi connectivity index (χ4n) is 1.67. The topological polar surface area (TPSA) is 49.5 Å². The van der Waals surface area contributed by atoms with Crippen molar-refractivity contribution in [1.82, 2.24) is 0 Å². The molecule has 3 nitrogen and oxygen atoms in total. The molecule has 0 saturated carbocycles. The van der Waals surface area contributed by atoms with E-state index in [0.29, 0.717) is 18.8 Å². The Balaban J connectivity index is 3.00. The molecule has 90 valence electrons. The molecule has 0 bridgehead atoms. The van der Waals surface area contributed by atoms with Gasteiger partial charge in [0.15, 0.2) is 0 Å².